The van der Waals surface area contributed by atoms with Crippen molar-refractivity contribution in [3.8, 4) is 33.6 Å². The Kier molecular flexibility index (Phi) is 10.3. The number of aromatic nitrogens is 2. The van der Waals surface area contributed by atoms with Gasteiger partial charge in [0.05, 0.1) is 22.1 Å². The third kappa shape index (κ3) is 6.38. The highest BCUT2D eigenvalue weighted by Gasteiger charge is 2.49. The van der Waals surface area contributed by atoms with Crippen LogP contribution in [0.3, 0.4) is 0 Å². The van der Waals surface area contributed by atoms with E-state index in [0.29, 0.717) is 0 Å². The lowest BCUT2D eigenvalue weighted by atomic mass is 9.92. The first-order valence-corrected chi connectivity index (χ1v) is 30.4. The minimum absolute atomic E-state index is 1.13. The molecule has 0 radical (unpaired) electrons. The number of nitrogens with zero attached hydrogens (tertiary/aromatic N) is 2. The lowest BCUT2D eigenvalue weighted by Crippen LogP contribution is -2.74. The zero-order valence-corrected chi connectivity index (χ0v) is 43.8. The number of benzene rings is 12. The summed E-state index contributed by atoms with van der Waals surface area (Å²) in [5.74, 6) is 0. The Morgan fingerprint density at radius 3 is 1.32 bits per heavy atom. The van der Waals surface area contributed by atoms with Crippen LogP contribution in [0.1, 0.15) is 0 Å². The molecular formula is C72H50N2Si2. The van der Waals surface area contributed by atoms with Gasteiger partial charge in [-0.2, -0.15) is 0 Å². The summed E-state index contributed by atoms with van der Waals surface area (Å²) in [6, 6.07) is 114. The summed E-state index contributed by atoms with van der Waals surface area (Å²) in [4.78, 5) is 0. The predicted octanol–water partition coefficient (Wildman–Crippen LogP) is 12.3. The quantitative estimate of drug-likeness (QED) is 0.101. The van der Waals surface area contributed by atoms with Crippen LogP contribution in [0.4, 0.5) is 0 Å². The number of hydrogen-bond donors (Lipinski definition) is 0. The second kappa shape index (κ2) is 17.7. The molecule has 0 saturated heterocycles. The molecule has 0 N–H and O–H groups in total. The topological polar surface area (TPSA) is 9.86 Å². The molecule has 0 spiro atoms. The van der Waals surface area contributed by atoms with Crippen LogP contribution in [-0.2, 0) is 0 Å². The average molecular weight is 999 g/mol. The Bertz CT molecular complexity index is 4350. The first kappa shape index (κ1) is 44.2. The van der Waals surface area contributed by atoms with Gasteiger partial charge in [-0.1, -0.05) is 261 Å². The van der Waals surface area contributed by atoms with Gasteiger partial charge in [0.2, 0.25) is 0 Å². The molecule has 1 aliphatic heterocycles. The van der Waals surface area contributed by atoms with Gasteiger partial charge in [0, 0.05) is 32.9 Å². The fourth-order valence-electron chi connectivity index (χ4n) is 13.5. The highest BCUT2D eigenvalue weighted by molar-refractivity contribution is 7.22. The maximum absolute atomic E-state index is 2.71. The molecule has 4 heteroatoms. The smallest absolute Gasteiger partial charge is 0.180 e. The van der Waals surface area contributed by atoms with Crippen LogP contribution in [0.5, 0.6) is 0 Å². The van der Waals surface area contributed by atoms with Crippen molar-refractivity contribution in [2.45, 2.75) is 0 Å². The van der Waals surface area contributed by atoms with Crippen molar-refractivity contribution in [1.82, 2.24) is 9.13 Å². The summed E-state index contributed by atoms with van der Waals surface area (Å²) in [6.07, 6.45) is 0. The van der Waals surface area contributed by atoms with Crippen molar-refractivity contribution in [1.29, 1.82) is 0 Å². The van der Waals surface area contributed by atoms with Crippen LogP contribution in [0, 0.1) is 0 Å². The molecule has 0 unspecified atom stereocenters. The van der Waals surface area contributed by atoms with Gasteiger partial charge in [0.15, 0.2) is 16.1 Å². The van der Waals surface area contributed by atoms with Crippen LogP contribution in [0.15, 0.2) is 303 Å². The predicted molar refractivity (Wildman–Crippen MR) is 327 cm³/mol. The van der Waals surface area contributed by atoms with Gasteiger partial charge in [0.25, 0.3) is 0 Å². The standard InChI is InChI=1S/C72H50N2Si2/c1-6-24-53(25-7-1)75(54-26-8-2-9-27-54,55-28-10-3-11-29-55)58-47-44-51(45-48-58)73-65-39-19-16-34-59(65)60-49-46-52(50-68(60)73)74-66-40-20-17-35-63(66)71-61(37-22-41-67(71)74)62-38-23-43-70-72(62)64-36-18-21-42-69(64)76(70,56-30-12-4-13-31-56)57-32-14-5-15-33-57/h1-50H. The van der Waals surface area contributed by atoms with Gasteiger partial charge in [-0.05, 0) is 106 Å². The van der Waals surface area contributed by atoms with E-state index in [4.69, 9.17) is 0 Å². The van der Waals surface area contributed by atoms with E-state index in [1.807, 2.05) is 0 Å². The molecule has 15 rings (SSSR count). The Morgan fingerprint density at radius 2 is 0.684 bits per heavy atom. The van der Waals surface area contributed by atoms with E-state index in [2.05, 4.69) is 312 Å². The zero-order chi connectivity index (χ0) is 50.2. The molecule has 2 aromatic heterocycles. The lowest BCUT2D eigenvalue weighted by Gasteiger charge is -2.34. The number of rotatable bonds is 9. The molecule has 0 fully saturated rings. The van der Waals surface area contributed by atoms with Crippen molar-refractivity contribution < 1.29 is 0 Å². The summed E-state index contributed by atoms with van der Waals surface area (Å²) < 4.78 is 4.98. The molecule has 0 saturated carbocycles. The molecule has 12 aromatic carbocycles. The molecule has 1 aliphatic rings. The van der Waals surface area contributed by atoms with Crippen molar-refractivity contribution in [2.24, 2.45) is 0 Å². The Hall–Kier alpha value is -9.33. The summed E-state index contributed by atoms with van der Waals surface area (Å²) in [6.45, 7) is 0. The van der Waals surface area contributed by atoms with Crippen LogP contribution in [0.25, 0.3) is 77.2 Å². The second-order valence-electron chi connectivity index (χ2n) is 20.3. The summed E-state index contributed by atoms with van der Waals surface area (Å²) in [5, 5.41) is 16.1. The van der Waals surface area contributed by atoms with E-state index in [-0.39, 0.29) is 0 Å². The highest BCUT2D eigenvalue weighted by Crippen LogP contribution is 2.44. The van der Waals surface area contributed by atoms with Crippen molar-refractivity contribution in [3.05, 3.63) is 303 Å². The first-order chi connectivity index (χ1) is 37.7. The largest absolute Gasteiger partial charge is 0.309 e. The normalized spacial score (nSPS) is 12.8. The number of fused-ring (bicyclic) bond motifs is 9. The monoisotopic (exact) mass is 998 g/mol. The van der Waals surface area contributed by atoms with Gasteiger partial charge in [-0.3, -0.25) is 0 Å². The van der Waals surface area contributed by atoms with Crippen LogP contribution in [0.2, 0.25) is 0 Å². The fraction of sp³-hybridized carbons (Fsp3) is 0. The number of hydrogen-bond acceptors (Lipinski definition) is 0. The van der Waals surface area contributed by atoms with E-state index >= 15 is 0 Å². The Morgan fingerprint density at radius 1 is 0.263 bits per heavy atom. The Labute approximate surface area is 444 Å². The van der Waals surface area contributed by atoms with Gasteiger partial charge < -0.3 is 9.13 Å². The molecule has 2 nitrogen and oxygen atoms in total. The molecule has 356 valence electrons. The van der Waals surface area contributed by atoms with Gasteiger partial charge in [0.1, 0.15) is 0 Å². The molecule has 76 heavy (non-hydrogen) atoms. The minimum Gasteiger partial charge on any atom is -0.309 e. The first-order valence-electron chi connectivity index (χ1n) is 26.4. The zero-order valence-electron chi connectivity index (χ0n) is 41.8. The van der Waals surface area contributed by atoms with E-state index in [1.165, 1.54) is 107 Å². The third-order valence-electron chi connectivity index (χ3n) is 16.6. The summed E-state index contributed by atoms with van der Waals surface area (Å²) >= 11 is 0. The van der Waals surface area contributed by atoms with E-state index in [1.54, 1.807) is 0 Å². The molecule has 0 atom stereocenters. The molecule has 0 bridgehead atoms. The van der Waals surface area contributed by atoms with Crippen molar-refractivity contribution in [2.75, 3.05) is 0 Å². The molecule has 0 aliphatic carbocycles. The summed E-state index contributed by atoms with van der Waals surface area (Å²) in [7, 11) is -5.41. The maximum atomic E-state index is 2.50. The van der Waals surface area contributed by atoms with Crippen molar-refractivity contribution >= 4 is 101 Å². The van der Waals surface area contributed by atoms with Gasteiger partial charge in [-0.25, -0.2) is 0 Å². The average Bonchev–Trinajstić information content (AvgIpc) is 4.29. The minimum atomic E-state index is -2.71. The molecule has 0 amide bonds. The van der Waals surface area contributed by atoms with Crippen molar-refractivity contribution in [3.63, 3.8) is 0 Å². The Balaban J connectivity index is 0.930. The number of para-hydroxylation sites is 2. The second-order valence-corrected chi connectivity index (χ2v) is 27.8. The van der Waals surface area contributed by atoms with Crippen LogP contribution < -0.4 is 41.5 Å². The molecule has 3 heterocycles. The maximum Gasteiger partial charge on any atom is 0.180 e. The van der Waals surface area contributed by atoms with E-state index in [0.717, 1.165) is 11.4 Å². The van der Waals surface area contributed by atoms with Gasteiger partial charge >= 0.3 is 0 Å². The van der Waals surface area contributed by atoms with Crippen LogP contribution >= 0.6 is 0 Å². The van der Waals surface area contributed by atoms with E-state index < -0.39 is 16.1 Å². The fourth-order valence-corrected chi connectivity index (χ4v) is 23.5. The van der Waals surface area contributed by atoms with Gasteiger partial charge in [-0.15, -0.1) is 0 Å². The SMILES string of the molecule is c1ccc([Si](c2ccccc2)(c2ccccc2)c2ccc(-n3c4ccccc4c4ccc(-n5c6ccccc6c6c(-c7cccc8c7-c7ccccc7[Si]8(c7ccccc7)c7ccccc7)cccc65)cc43)cc2)cc1. The third-order valence-corrected chi connectivity index (χ3v) is 26.2. The van der Waals surface area contributed by atoms with Crippen LogP contribution in [-0.4, -0.2) is 25.3 Å². The van der Waals surface area contributed by atoms with E-state index in [9.17, 15) is 0 Å². The lowest BCUT2D eigenvalue weighted by molar-refractivity contribution is 1.16. The molecule has 14 aromatic rings. The summed E-state index contributed by atoms with van der Waals surface area (Å²) in [5.41, 5.74) is 12.2. The molecular weight excluding hydrogens is 949 g/mol. The highest BCUT2D eigenvalue weighted by atomic mass is 28.3.